The molecule has 0 heterocycles. The number of rotatable bonds is 8. The lowest BCUT2D eigenvalue weighted by atomic mass is 10.0. The molecule has 102 valence electrons. The monoisotopic (exact) mass is 255 g/mol. The van der Waals surface area contributed by atoms with Crippen molar-refractivity contribution in [3.63, 3.8) is 0 Å². The Morgan fingerprint density at radius 1 is 1.33 bits per heavy atom. The predicted octanol–water partition coefficient (Wildman–Crippen LogP) is 2.39. The SMILES string of the molecule is CNC(CCCOC)Cc1cccc(OC)c1F. The van der Waals surface area contributed by atoms with Crippen LogP contribution in [0, 0.1) is 5.82 Å². The van der Waals surface area contributed by atoms with Gasteiger partial charge in [0.2, 0.25) is 0 Å². The van der Waals surface area contributed by atoms with Crippen molar-refractivity contribution in [2.24, 2.45) is 0 Å². The molecule has 4 heteroatoms. The van der Waals surface area contributed by atoms with Crippen LogP contribution in [-0.2, 0) is 11.2 Å². The van der Waals surface area contributed by atoms with Crippen LogP contribution in [0.4, 0.5) is 4.39 Å². The molecule has 0 spiro atoms. The number of nitrogens with one attached hydrogen (secondary N) is 1. The lowest BCUT2D eigenvalue weighted by molar-refractivity contribution is 0.189. The average Bonchev–Trinajstić information content (AvgIpc) is 2.40. The van der Waals surface area contributed by atoms with Gasteiger partial charge in [-0.25, -0.2) is 4.39 Å². The number of halogens is 1. The summed E-state index contributed by atoms with van der Waals surface area (Å²) in [6, 6.07) is 5.51. The average molecular weight is 255 g/mol. The molecule has 0 aromatic heterocycles. The van der Waals surface area contributed by atoms with E-state index >= 15 is 0 Å². The zero-order valence-corrected chi connectivity index (χ0v) is 11.3. The minimum atomic E-state index is -0.257. The molecule has 0 fully saturated rings. The lowest BCUT2D eigenvalue weighted by Crippen LogP contribution is -2.28. The second-order valence-corrected chi connectivity index (χ2v) is 4.26. The summed E-state index contributed by atoms with van der Waals surface area (Å²) in [6.07, 6.45) is 2.58. The number of methoxy groups -OCH3 is 2. The highest BCUT2D eigenvalue weighted by atomic mass is 19.1. The largest absolute Gasteiger partial charge is 0.494 e. The van der Waals surface area contributed by atoms with Crippen LogP contribution < -0.4 is 10.1 Å². The summed E-state index contributed by atoms with van der Waals surface area (Å²) in [5.41, 5.74) is 0.686. The first-order chi connectivity index (χ1) is 8.72. The molecule has 1 atom stereocenters. The van der Waals surface area contributed by atoms with Crippen molar-refractivity contribution < 1.29 is 13.9 Å². The van der Waals surface area contributed by atoms with E-state index in [0.29, 0.717) is 17.7 Å². The molecule has 0 amide bonds. The molecule has 0 aliphatic rings. The Bertz CT molecular complexity index is 358. The third-order valence-electron chi connectivity index (χ3n) is 3.04. The summed E-state index contributed by atoms with van der Waals surface area (Å²) >= 11 is 0. The van der Waals surface area contributed by atoms with Gasteiger partial charge >= 0.3 is 0 Å². The van der Waals surface area contributed by atoms with Crippen molar-refractivity contribution in [2.45, 2.75) is 25.3 Å². The highest BCUT2D eigenvalue weighted by molar-refractivity contribution is 5.31. The van der Waals surface area contributed by atoms with E-state index in [4.69, 9.17) is 9.47 Å². The first-order valence-electron chi connectivity index (χ1n) is 6.20. The molecule has 0 aliphatic heterocycles. The summed E-state index contributed by atoms with van der Waals surface area (Å²) in [7, 11) is 5.07. The fourth-order valence-corrected chi connectivity index (χ4v) is 1.96. The van der Waals surface area contributed by atoms with E-state index in [2.05, 4.69) is 5.32 Å². The van der Waals surface area contributed by atoms with E-state index in [0.717, 1.165) is 19.4 Å². The Morgan fingerprint density at radius 2 is 2.11 bits per heavy atom. The van der Waals surface area contributed by atoms with Gasteiger partial charge < -0.3 is 14.8 Å². The molecule has 0 saturated heterocycles. The van der Waals surface area contributed by atoms with Crippen molar-refractivity contribution in [2.75, 3.05) is 27.9 Å². The van der Waals surface area contributed by atoms with Gasteiger partial charge in [0.15, 0.2) is 11.6 Å². The number of hydrogen-bond donors (Lipinski definition) is 1. The highest BCUT2D eigenvalue weighted by Gasteiger charge is 2.13. The maximum absolute atomic E-state index is 14.0. The third kappa shape index (κ3) is 4.27. The molecule has 1 rings (SSSR count). The molecule has 0 aliphatic carbocycles. The van der Waals surface area contributed by atoms with Crippen LogP contribution in [0.15, 0.2) is 18.2 Å². The third-order valence-corrected chi connectivity index (χ3v) is 3.04. The Balaban J connectivity index is 2.63. The smallest absolute Gasteiger partial charge is 0.168 e. The van der Waals surface area contributed by atoms with E-state index in [-0.39, 0.29) is 11.9 Å². The molecule has 1 aromatic rings. The molecule has 18 heavy (non-hydrogen) atoms. The second kappa shape index (κ2) is 8.06. The molecular weight excluding hydrogens is 233 g/mol. The second-order valence-electron chi connectivity index (χ2n) is 4.26. The van der Waals surface area contributed by atoms with Crippen LogP contribution in [-0.4, -0.2) is 33.9 Å². The quantitative estimate of drug-likeness (QED) is 0.724. The Hall–Kier alpha value is -1.13. The number of likely N-dealkylation sites (N-methyl/N-ethyl adjacent to an activating group) is 1. The van der Waals surface area contributed by atoms with Crippen LogP contribution in [0.1, 0.15) is 18.4 Å². The van der Waals surface area contributed by atoms with Crippen molar-refractivity contribution in [3.8, 4) is 5.75 Å². The van der Waals surface area contributed by atoms with Crippen LogP contribution in [0.5, 0.6) is 5.75 Å². The van der Waals surface area contributed by atoms with Crippen LogP contribution in [0.3, 0.4) is 0 Å². The number of ether oxygens (including phenoxy) is 2. The number of benzene rings is 1. The zero-order chi connectivity index (χ0) is 13.4. The Labute approximate surface area is 108 Å². The van der Waals surface area contributed by atoms with Crippen molar-refractivity contribution >= 4 is 0 Å². The maximum atomic E-state index is 14.0. The van der Waals surface area contributed by atoms with Gasteiger partial charge in [0.25, 0.3) is 0 Å². The summed E-state index contributed by atoms with van der Waals surface area (Å²) in [6.45, 7) is 0.735. The summed E-state index contributed by atoms with van der Waals surface area (Å²) < 4.78 is 24.0. The zero-order valence-electron chi connectivity index (χ0n) is 11.3. The standard InChI is InChI=1S/C14H22FNO2/c1-16-12(7-5-9-17-2)10-11-6-4-8-13(18-3)14(11)15/h4,6,8,12,16H,5,7,9-10H2,1-3H3. The van der Waals surface area contributed by atoms with Gasteiger partial charge in [-0.15, -0.1) is 0 Å². The van der Waals surface area contributed by atoms with E-state index in [1.165, 1.54) is 7.11 Å². The highest BCUT2D eigenvalue weighted by Crippen LogP contribution is 2.21. The van der Waals surface area contributed by atoms with Gasteiger partial charge in [0.05, 0.1) is 7.11 Å². The minimum Gasteiger partial charge on any atom is -0.494 e. The van der Waals surface area contributed by atoms with Gasteiger partial charge in [0, 0.05) is 19.8 Å². The lowest BCUT2D eigenvalue weighted by Gasteiger charge is -2.17. The molecule has 0 saturated carbocycles. The number of hydrogen-bond acceptors (Lipinski definition) is 3. The van der Waals surface area contributed by atoms with Crippen LogP contribution >= 0.6 is 0 Å². The molecule has 1 unspecified atom stereocenters. The summed E-state index contributed by atoms with van der Waals surface area (Å²) in [4.78, 5) is 0. The van der Waals surface area contributed by atoms with Crippen LogP contribution in [0.2, 0.25) is 0 Å². The minimum absolute atomic E-state index is 0.252. The maximum Gasteiger partial charge on any atom is 0.168 e. The van der Waals surface area contributed by atoms with Gasteiger partial charge in [-0.1, -0.05) is 12.1 Å². The molecular formula is C14H22FNO2. The first kappa shape index (κ1) is 14.9. The molecule has 0 radical (unpaired) electrons. The fraction of sp³-hybridized carbons (Fsp3) is 0.571. The Kier molecular flexibility index (Phi) is 6.68. The van der Waals surface area contributed by atoms with Crippen molar-refractivity contribution in [1.82, 2.24) is 5.32 Å². The molecule has 1 aromatic carbocycles. The normalized spacial score (nSPS) is 12.4. The summed E-state index contributed by atoms with van der Waals surface area (Å²) in [5.74, 6) is 0.0474. The summed E-state index contributed by atoms with van der Waals surface area (Å²) in [5, 5.41) is 3.21. The van der Waals surface area contributed by atoms with E-state index in [1.54, 1.807) is 19.2 Å². The van der Waals surface area contributed by atoms with Gasteiger partial charge in [-0.2, -0.15) is 0 Å². The fourth-order valence-electron chi connectivity index (χ4n) is 1.96. The van der Waals surface area contributed by atoms with Crippen LogP contribution in [0.25, 0.3) is 0 Å². The molecule has 1 N–H and O–H groups in total. The molecule has 3 nitrogen and oxygen atoms in total. The van der Waals surface area contributed by atoms with Crippen molar-refractivity contribution in [3.05, 3.63) is 29.6 Å². The Morgan fingerprint density at radius 3 is 2.72 bits per heavy atom. The topological polar surface area (TPSA) is 30.5 Å². The van der Waals surface area contributed by atoms with Gasteiger partial charge in [0.1, 0.15) is 0 Å². The van der Waals surface area contributed by atoms with Gasteiger partial charge in [-0.3, -0.25) is 0 Å². The molecule has 0 bridgehead atoms. The predicted molar refractivity (Wildman–Crippen MR) is 70.6 cm³/mol. The van der Waals surface area contributed by atoms with E-state index < -0.39 is 0 Å². The first-order valence-corrected chi connectivity index (χ1v) is 6.20. The van der Waals surface area contributed by atoms with Crippen molar-refractivity contribution in [1.29, 1.82) is 0 Å². The van der Waals surface area contributed by atoms with Gasteiger partial charge in [-0.05, 0) is 37.9 Å². The van der Waals surface area contributed by atoms with E-state index in [1.807, 2.05) is 13.1 Å². The van der Waals surface area contributed by atoms with E-state index in [9.17, 15) is 4.39 Å².